The SMILES string of the molecule is CCC1SCC(C(=O)O)N1C(=O)c1sc(C)nc1C. The molecule has 2 atom stereocenters. The molecular formula is C12H16N2O3S2. The fraction of sp³-hybridized carbons (Fsp3) is 0.583. The highest BCUT2D eigenvalue weighted by Crippen LogP contribution is 2.34. The van der Waals surface area contributed by atoms with Crippen LogP contribution in [0.4, 0.5) is 0 Å². The highest BCUT2D eigenvalue weighted by Gasteiger charge is 2.41. The number of carbonyl (C=O) groups excluding carboxylic acids is 1. The number of aliphatic carboxylic acids is 1. The van der Waals surface area contributed by atoms with Gasteiger partial charge in [-0.3, -0.25) is 4.79 Å². The lowest BCUT2D eigenvalue weighted by Crippen LogP contribution is -2.45. The Morgan fingerprint density at radius 3 is 2.63 bits per heavy atom. The summed E-state index contributed by atoms with van der Waals surface area (Å²) >= 11 is 2.86. The molecule has 0 bridgehead atoms. The van der Waals surface area contributed by atoms with E-state index < -0.39 is 12.0 Å². The summed E-state index contributed by atoms with van der Waals surface area (Å²) in [6, 6.07) is -0.732. The Balaban J connectivity index is 2.33. The van der Waals surface area contributed by atoms with Crippen molar-refractivity contribution in [2.45, 2.75) is 38.6 Å². The average molecular weight is 300 g/mol. The van der Waals surface area contributed by atoms with Gasteiger partial charge >= 0.3 is 5.97 Å². The van der Waals surface area contributed by atoms with Gasteiger partial charge in [-0.15, -0.1) is 23.1 Å². The largest absolute Gasteiger partial charge is 0.480 e. The molecule has 0 spiro atoms. The number of thioether (sulfide) groups is 1. The van der Waals surface area contributed by atoms with Crippen LogP contribution < -0.4 is 0 Å². The summed E-state index contributed by atoms with van der Waals surface area (Å²) < 4.78 is 0. The minimum Gasteiger partial charge on any atom is -0.480 e. The summed E-state index contributed by atoms with van der Waals surface area (Å²) in [6.45, 7) is 5.60. The molecule has 0 aromatic carbocycles. The maximum absolute atomic E-state index is 12.6. The Morgan fingerprint density at radius 1 is 1.47 bits per heavy atom. The van der Waals surface area contributed by atoms with Crippen molar-refractivity contribution in [2.75, 3.05) is 5.75 Å². The van der Waals surface area contributed by atoms with Gasteiger partial charge in [-0.1, -0.05) is 6.92 Å². The van der Waals surface area contributed by atoms with E-state index in [0.29, 0.717) is 16.3 Å². The van der Waals surface area contributed by atoms with E-state index in [1.165, 1.54) is 28.0 Å². The topological polar surface area (TPSA) is 70.5 Å². The summed E-state index contributed by atoms with van der Waals surface area (Å²) in [5.74, 6) is -0.681. The van der Waals surface area contributed by atoms with Crippen LogP contribution in [0.3, 0.4) is 0 Å². The maximum atomic E-state index is 12.6. The Bertz CT molecular complexity index is 515. The van der Waals surface area contributed by atoms with Gasteiger partial charge in [0.2, 0.25) is 0 Å². The van der Waals surface area contributed by atoms with Crippen molar-refractivity contribution in [3.8, 4) is 0 Å². The van der Waals surface area contributed by atoms with Gasteiger partial charge in [-0.05, 0) is 20.3 Å². The molecule has 5 nitrogen and oxygen atoms in total. The van der Waals surface area contributed by atoms with Gasteiger partial charge < -0.3 is 10.0 Å². The molecule has 1 aromatic rings. The molecule has 1 fully saturated rings. The maximum Gasteiger partial charge on any atom is 0.327 e. The lowest BCUT2D eigenvalue weighted by Gasteiger charge is -2.26. The Kier molecular flexibility index (Phi) is 4.15. The van der Waals surface area contributed by atoms with Crippen molar-refractivity contribution in [3.63, 3.8) is 0 Å². The van der Waals surface area contributed by atoms with E-state index in [4.69, 9.17) is 0 Å². The molecule has 2 heterocycles. The van der Waals surface area contributed by atoms with E-state index in [1.807, 2.05) is 13.8 Å². The van der Waals surface area contributed by atoms with Crippen molar-refractivity contribution in [3.05, 3.63) is 15.6 Å². The summed E-state index contributed by atoms with van der Waals surface area (Å²) in [4.78, 5) is 30.2. The van der Waals surface area contributed by atoms with Gasteiger partial charge in [0.15, 0.2) is 0 Å². The molecule has 2 rings (SSSR count). The van der Waals surface area contributed by atoms with Crippen molar-refractivity contribution in [1.29, 1.82) is 0 Å². The van der Waals surface area contributed by atoms with Gasteiger partial charge in [0.05, 0.1) is 16.1 Å². The summed E-state index contributed by atoms with van der Waals surface area (Å²) in [5.41, 5.74) is 0.684. The second-order valence-corrected chi connectivity index (χ2v) is 6.82. The second kappa shape index (κ2) is 5.50. The number of hydrogen-bond acceptors (Lipinski definition) is 5. The van der Waals surface area contributed by atoms with Gasteiger partial charge in [-0.25, -0.2) is 9.78 Å². The predicted octanol–water partition coefficient (Wildman–Crippen LogP) is 2.14. The second-order valence-electron chi connectivity index (χ2n) is 4.41. The predicted molar refractivity (Wildman–Crippen MR) is 75.7 cm³/mol. The van der Waals surface area contributed by atoms with Crippen LogP contribution in [0.5, 0.6) is 0 Å². The summed E-state index contributed by atoms with van der Waals surface area (Å²) in [7, 11) is 0. The fourth-order valence-corrected chi connectivity index (χ4v) is 4.40. The first kappa shape index (κ1) is 14.3. The van der Waals surface area contributed by atoms with Gasteiger partial charge in [0.25, 0.3) is 5.91 Å². The van der Waals surface area contributed by atoms with E-state index in [1.54, 1.807) is 6.92 Å². The standard InChI is InChI=1S/C12H16N2O3S2/c1-4-9-14(8(5-18-9)12(16)17)11(15)10-6(2)13-7(3)19-10/h8-9H,4-5H2,1-3H3,(H,16,17). The van der Waals surface area contributed by atoms with Crippen LogP contribution in [-0.4, -0.2) is 44.0 Å². The zero-order chi connectivity index (χ0) is 14.2. The van der Waals surface area contributed by atoms with Crippen molar-refractivity contribution < 1.29 is 14.7 Å². The zero-order valence-corrected chi connectivity index (χ0v) is 12.7. The smallest absolute Gasteiger partial charge is 0.327 e. The summed E-state index contributed by atoms with van der Waals surface area (Å²) in [5, 5.41) is 10.0. The molecule has 1 aromatic heterocycles. The van der Waals surface area contributed by atoms with Crippen LogP contribution in [0, 0.1) is 13.8 Å². The number of aromatic nitrogens is 1. The number of nitrogens with zero attached hydrogens (tertiary/aromatic N) is 2. The van der Waals surface area contributed by atoms with Gasteiger partial charge in [0, 0.05) is 5.75 Å². The van der Waals surface area contributed by atoms with Gasteiger partial charge in [-0.2, -0.15) is 0 Å². The number of carboxylic acids is 1. The van der Waals surface area contributed by atoms with E-state index in [-0.39, 0.29) is 11.3 Å². The molecule has 0 radical (unpaired) electrons. The van der Waals surface area contributed by atoms with Crippen LogP contribution in [-0.2, 0) is 4.79 Å². The first-order valence-corrected chi connectivity index (χ1v) is 7.93. The van der Waals surface area contributed by atoms with E-state index in [2.05, 4.69) is 4.98 Å². The van der Waals surface area contributed by atoms with Crippen LogP contribution in [0.15, 0.2) is 0 Å². The monoisotopic (exact) mass is 300 g/mol. The van der Waals surface area contributed by atoms with Crippen LogP contribution in [0.25, 0.3) is 0 Å². The third-order valence-electron chi connectivity index (χ3n) is 3.06. The Hall–Kier alpha value is -1.08. The summed E-state index contributed by atoms with van der Waals surface area (Å²) in [6.07, 6.45) is 0.747. The van der Waals surface area contributed by atoms with Gasteiger partial charge in [0.1, 0.15) is 10.9 Å². The lowest BCUT2D eigenvalue weighted by molar-refractivity contribution is -0.141. The minimum absolute atomic E-state index is 0.0598. The number of hydrogen-bond donors (Lipinski definition) is 1. The fourth-order valence-electron chi connectivity index (χ4n) is 2.19. The number of aryl methyl sites for hydroxylation is 2. The minimum atomic E-state index is -0.935. The zero-order valence-electron chi connectivity index (χ0n) is 11.0. The molecule has 19 heavy (non-hydrogen) atoms. The normalized spacial score (nSPS) is 22.8. The number of carbonyl (C=O) groups is 2. The molecule has 104 valence electrons. The number of thiazole rings is 1. The van der Waals surface area contributed by atoms with Crippen LogP contribution in [0.2, 0.25) is 0 Å². The Morgan fingerprint density at radius 2 is 2.16 bits per heavy atom. The third kappa shape index (κ3) is 2.62. The molecule has 1 saturated heterocycles. The molecule has 1 N–H and O–H groups in total. The van der Waals surface area contributed by atoms with Crippen LogP contribution in [0.1, 0.15) is 33.7 Å². The van der Waals surface area contributed by atoms with Crippen molar-refractivity contribution >= 4 is 35.0 Å². The lowest BCUT2D eigenvalue weighted by atomic mass is 10.2. The molecule has 1 amide bonds. The molecule has 1 aliphatic rings. The first-order chi connectivity index (χ1) is 8.95. The number of rotatable bonds is 3. The average Bonchev–Trinajstić information content (AvgIpc) is 2.91. The molecule has 0 saturated carbocycles. The van der Waals surface area contributed by atoms with E-state index in [0.717, 1.165) is 11.4 Å². The molecule has 2 unspecified atom stereocenters. The van der Waals surface area contributed by atoms with E-state index >= 15 is 0 Å². The molecule has 0 aliphatic carbocycles. The molecule has 7 heteroatoms. The highest BCUT2D eigenvalue weighted by molar-refractivity contribution is 8.00. The third-order valence-corrected chi connectivity index (χ3v) is 5.57. The van der Waals surface area contributed by atoms with Crippen molar-refractivity contribution in [1.82, 2.24) is 9.88 Å². The van der Waals surface area contributed by atoms with Crippen LogP contribution >= 0.6 is 23.1 Å². The number of carboxylic acid groups (broad SMARTS) is 1. The van der Waals surface area contributed by atoms with E-state index in [9.17, 15) is 14.7 Å². The molecule has 1 aliphatic heterocycles. The Labute approximate surface area is 120 Å². The highest BCUT2D eigenvalue weighted by atomic mass is 32.2. The quantitative estimate of drug-likeness (QED) is 0.926. The molecular weight excluding hydrogens is 284 g/mol. The van der Waals surface area contributed by atoms with Crippen molar-refractivity contribution in [2.24, 2.45) is 0 Å². The first-order valence-electron chi connectivity index (χ1n) is 6.06. The number of amides is 1.